The van der Waals surface area contributed by atoms with E-state index in [4.69, 9.17) is 30.6 Å². The minimum Gasteiger partial charge on any atom is -0.385 e. The fourth-order valence-corrected chi connectivity index (χ4v) is 7.35. The summed E-state index contributed by atoms with van der Waals surface area (Å²) in [4.78, 5) is 32.0. The lowest BCUT2D eigenvalue weighted by atomic mass is 10.1. The maximum absolute atomic E-state index is 12.1. The minimum atomic E-state index is -4.91. The fourth-order valence-electron chi connectivity index (χ4n) is 4.53. The molecular formula is C20H23ClN4O9P2. The second-order valence-corrected chi connectivity index (χ2v) is 13.0. The van der Waals surface area contributed by atoms with Crippen molar-refractivity contribution in [1.82, 2.24) is 14.8 Å². The van der Waals surface area contributed by atoms with E-state index in [1.807, 2.05) is 12.1 Å². The third-order valence-corrected chi connectivity index (χ3v) is 9.70. The second kappa shape index (κ2) is 9.45. The number of hydrogen-bond acceptors (Lipinski definition) is 9. The number of pyridine rings is 1. The predicted molar refractivity (Wildman–Crippen MR) is 127 cm³/mol. The zero-order valence-electron chi connectivity index (χ0n) is 18.5. The summed E-state index contributed by atoms with van der Waals surface area (Å²) in [5, 5.41) is 29.2. The van der Waals surface area contributed by atoms with E-state index in [1.54, 1.807) is 6.07 Å². The van der Waals surface area contributed by atoms with Crippen molar-refractivity contribution < 1.29 is 43.3 Å². The molecule has 2 aliphatic rings. The SMILES string of the molecule is O=P(O)(O)CP(=O)(O)O[C@H]1O[C@@H](n2ncc3c(NC4CCc5ccccc54)cc(Cl)nc32)[C@H](O)[C@@H]1O. The Hall–Kier alpha value is -1.89. The standard InChI is InChI=1S/C20H23ClN4O9P2/c21-15-7-14(23-13-6-5-10-3-1-2-4-11(10)13)12-8-22-25(18(12)24-15)19-16(26)17(27)20(33-19)34-36(31,32)9-35(28,29)30/h1-4,7-8,13,16-17,19-20,26-27H,5-6,9H2,(H,23,24)(H,31,32)(H2,28,29,30)/t13?,16-,17+,19-,20-/m1/s1. The molecule has 1 fully saturated rings. The molecule has 0 saturated carbocycles. The monoisotopic (exact) mass is 560 g/mol. The van der Waals surface area contributed by atoms with Crippen LogP contribution in [0.2, 0.25) is 5.15 Å². The maximum Gasteiger partial charge on any atom is 0.342 e. The lowest BCUT2D eigenvalue weighted by Crippen LogP contribution is -2.32. The molecule has 1 aromatic carbocycles. The fraction of sp³-hybridized carbons (Fsp3) is 0.400. The van der Waals surface area contributed by atoms with Crippen LogP contribution in [-0.4, -0.2) is 64.1 Å². The van der Waals surface area contributed by atoms with Gasteiger partial charge in [-0.15, -0.1) is 0 Å². The zero-order chi connectivity index (χ0) is 25.8. The van der Waals surface area contributed by atoms with Crippen LogP contribution in [0.1, 0.15) is 29.8 Å². The number of hydrogen-bond donors (Lipinski definition) is 6. The molecule has 1 saturated heterocycles. The van der Waals surface area contributed by atoms with Crippen LogP contribution in [0.5, 0.6) is 0 Å². The van der Waals surface area contributed by atoms with E-state index in [0.29, 0.717) is 11.1 Å². The topological polar surface area (TPSA) is 196 Å². The number of ether oxygens (including phenoxy) is 1. The molecule has 194 valence electrons. The van der Waals surface area contributed by atoms with Crippen LogP contribution in [0.3, 0.4) is 0 Å². The van der Waals surface area contributed by atoms with Gasteiger partial charge in [0.1, 0.15) is 17.4 Å². The Morgan fingerprint density at radius 2 is 1.94 bits per heavy atom. The van der Waals surface area contributed by atoms with E-state index < -0.39 is 45.8 Å². The molecular weight excluding hydrogens is 538 g/mol. The van der Waals surface area contributed by atoms with Crippen molar-refractivity contribution in [2.24, 2.45) is 0 Å². The van der Waals surface area contributed by atoms with Crippen molar-refractivity contribution in [3.05, 3.63) is 52.8 Å². The first-order valence-electron chi connectivity index (χ1n) is 10.9. The molecule has 1 aliphatic heterocycles. The summed E-state index contributed by atoms with van der Waals surface area (Å²) in [7, 11) is -9.78. The summed E-state index contributed by atoms with van der Waals surface area (Å²) in [6, 6.07) is 9.78. The number of rotatable bonds is 7. The van der Waals surface area contributed by atoms with Crippen LogP contribution < -0.4 is 5.32 Å². The number of fused-ring (bicyclic) bond motifs is 2. The van der Waals surface area contributed by atoms with Gasteiger partial charge in [0.15, 0.2) is 24.1 Å². The average molecular weight is 561 g/mol. The molecule has 0 bridgehead atoms. The van der Waals surface area contributed by atoms with Crippen LogP contribution in [0, 0.1) is 0 Å². The van der Waals surface area contributed by atoms with Gasteiger partial charge in [-0.2, -0.15) is 5.10 Å². The highest BCUT2D eigenvalue weighted by Gasteiger charge is 2.49. The van der Waals surface area contributed by atoms with Crippen molar-refractivity contribution >= 4 is 43.5 Å². The van der Waals surface area contributed by atoms with E-state index >= 15 is 0 Å². The largest absolute Gasteiger partial charge is 0.385 e. The Morgan fingerprint density at radius 3 is 2.69 bits per heavy atom. The van der Waals surface area contributed by atoms with E-state index in [9.17, 15) is 24.2 Å². The third-order valence-electron chi connectivity index (χ3n) is 6.07. The normalized spacial score (nSPS) is 27.8. The van der Waals surface area contributed by atoms with Gasteiger partial charge >= 0.3 is 15.2 Å². The Labute approximate surface area is 209 Å². The van der Waals surface area contributed by atoms with Gasteiger partial charge in [-0.25, -0.2) is 9.67 Å². The van der Waals surface area contributed by atoms with Crippen LogP contribution in [0.4, 0.5) is 5.69 Å². The summed E-state index contributed by atoms with van der Waals surface area (Å²) >= 11 is 6.27. The number of benzene rings is 1. The highest BCUT2D eigenvalue weighted by Crippen LogP contribution is 2.57. The molecule has 36 heavy (non-hydrogen) atoms. The summed E-state index contributed by atoms with van der Waals surface area (Å²) < 4.78 is 34.5. The number of nitrogens with one attached hydrogen (secondary N) is 1. The number of aliphatic hydroxyl groups excluding tert-OH is 2. The van der Waals surface area contributed by atoms with Crippen molar-refractivity contribution in [3.63, 3.8) is 0 Å². The number of anilines is 1. The minimum absolute atomic E-state index is 0.0341. The van der Waals surface area contributed by atoms with Crippen molar-refractivity contribution in [2.45, 2.75) is 43.6 Å². The number of aryl methyl sites for hydroxylation is 1. The van der Waals surface area contributed by atoms with Gasteiger partial charge in [0.2, 0.25) is 0 Å². The molecule has 3 aromatic rings. The molecule has 16 heteroatoms. The van der Waals surface area contributed by atoms with Gasteiger partial charge < -0.3 is 34.9 Å². The molecule has 6 N–H and O–H groups in total. The summed E-state index contributed by atoms with van der Waals surface area (Å²) in [6.45, 7) is 0. The molecule has 0 spiro atoms. The van der Waals surface area contributed by atoms with E-state index in [2.05, 4.69) is 27.5 Å². The first kappa shape index (κ1) is 25.7. The third kappa shape index (κ3) is 5.09. The van der Waals surface area contributed by atoms with E-state index in [1.165, 1.54) is 17.3 Å². The van der Waals surface area contributed by atoms with Crippen LogP contribution in [0.25, 0.3) is 11.0 Å². The summed E-state index contributed by atoms with van der Waals surface area (Å²) in [6.07, 6.45) is -3.48. The highest BCUT2D eigenvalue weighted by atomic mass is 35.5. The van der Waals surface area contributed by atoms with Gasteiger partial charge in [0.25, 0.3) is 0 Å². The number of halogens is 1. The molecule has 5 rings (SSSR count). The predicted octanol–water partition coefficient (Wildman–Crippen LogP) is 2.10. The molecule has 6 atom stereocenters. The molecule has 3 heterocycles. The van der Waals surface area contributed by atoms with Crippen LogP contribution in [-0.2, 0) is 24.8 Å². The molecule has 0 radical (unpaired) electrons. The molecule has 2 unspecified atom stereocenters. The lowest BCUT2D eigenvalue weighted by molar-refractivity contribution is -0.130. The molecule has 1 aliphatic carbocycles. The quantitative estimate of drug-likeness (QED) is 0.182. The van der Waals surface area contributed by atoms with E-state index in [0.717, 1.165) is 17.5 Å². The number of aliphatic hydroxyl groups is 2. The highest BCUT2D eigenvalue weighted by molar-refractivity contribution is 7.70. The van der Waals surface area contributed by atoms with Gasteiger partial charge in [0, 0.05) is 0 Å². The molecule has 2 aromatic heterocycles. The lowest BCUT2D eigenvalue weighted by Gasteiger charge is -2.19. The Balaban J connectivity index is 1.41. The van der Waals surface area contributed by atoms with Gasteiger partial charge in [-0.3, -0.25) is 13.7 Å². The Bertz CT molecular complexity index is 1400. The summed E-state index contributed by atoms with van der Waals surface area (Å²) in [5.41, 5.74) is 3.27. The molecule has 13 nitrogen and oxygen atoms in total. The van der Waals surface area contributed by atoms with Gasteiger partial charge in [-0.1, -0.05) is 35.9 Å². The van der Waals surface area contributed by atoms with E-state index in [-0.39, 0.29) is 16.8 Å². The molecule has 0 amide bonds. The van der Waals surface area contributed by atoms with Crippen LogP contribution in [0.15, 0.2) is 36.5 Å². The smallest absolute Gasteiger partial charge is 0.342 e. The summed E-state index contributed by atoms with van der Waals surface area (Å²) in [5.74, 6) is -1.48. The average Bonchev–Trinajstić information content (AvgIpc) is 3.45. The van der Waals surface area contributed by atoms with Crippen molar-refractivity contribution in [1.29, 1.82) is 0 Å². The van der Waals surface area contributed by atoms with Crippen molar-refractivity contribution in [2.75, 3.05) is 11.2 Å². The maximum atomic E-state index is 12.1. The van der Waals surface area contributed by atoms with Gasteiger partial charge in [0.05, 0.1) is 23.3 Å². The first-order valence-corrected chi connectivity index (χ1v) is 14.8. The van der Waals surface area contributed by atoms with Crippen molar-refractivity contribution in [3.8, 4) is 0 Å². The Kier molecular flexibility index (Phi) is 6.76. The second-order valence-electron chi connectivity index (χ2n) is 8.68. The first-order chi connectivity index (χ1) is 16.9. The Morgan fingerprint density at radius 1 is 1.19 bits per heavy atom. The van der Waals surface area contributed by atoms with Crippen LogP contribution >= 0.6 is 26.8 Å². The number of aromatic nitrogens is 3. The number of nitrogens with zero attached hydrogens (tertiary/aromatic N) is 3. The zero-order valence-corrected chi connectivity index (χ0v) is 21.0. The van der Waals surface area contributed by atoms with Gasteiger partial charge in [-0.05, 0) is 30.0 Å².